The van der Waals surface area contributed by atoms with Gasteiger partial charge in [0.05, 0.1) is 0 Å². The fourth-order valence-electron chi connectivity index (χ4n) is 0.433. The van der Waals surface area contributed by atoms with Crippen molar-refractivity contribution in [2.45, 2.75) is 32.7 Å². The zero-order chi connectivity index (χ0) is 4.99. The molecular formula is C5H12NNa. The minimum absolute atomic E-state index is 0. The molecule has 0 spiro atoms. The van der Waals surface area contributed by atoms with Crippen molar-refractivity contribution < 1.29 is 29.6 Å². The Labute approximate surface area is 68.0 Å². The maximum atomic E-state index is 6.98. The number of hydrogen-bond donors (Lipinski definition) is 0. The molecule has 2 heteroatoms. The predicted octanol–water partition coefficient (Wildman–Crippen LogP) is -0.769. The largest absolute Gasteiger partial charge is 1.00 e. The molecule has 1 atom stereocenters. The van der Waals surface area contributed by atoms with Crippen LogP contribution in [-0.4, -0.2) is 6.04 Å². The Hall–Kier alpha value is 0.960. The summed E-state index contributed by atoms with van der Waals surface area (Å²) in [5.74, 6) is 0. The number of rotatable bonds is 2. The van der Waals surface area contributed by atoms with Gasteiger partial charge in [-0.25, -0.2) is 0 Å². The molecule has 1 unspecified atom stereocenters. The third-order valence-electron chi connectivity index (χ3n) is 0.722. The normalized spacial score (nSPS) is 12.4. The molecule has 0 amide bonds. The van der Waals surface area contributed by atoms with Crippen molar-refractivity contribution in [1.29, 1.82) is 0 Å². The van der Waals surface area contributed by atoms with Crippen LogP contribution in [0.25, 0.3) is 5.73 Å². The maximum Gasteiger partial charge on any atom is 1.00 e. The standard InChI is InChI=1S/C5H12N.Na/c1-3-4-5(2)6;/h5-6H,3-4H2,1-2H3;/q-1;+1. The monoisotopic (exact) mass is 109 g/mol. The van der Waals surface area contributed by atoms with E-state index in [-0.39, 0.29) is 35.6 Å². The second-order valence-electron chi connectivity index (χ2n) is 1.69. The number of nitrogens with one attached hydrogen (secondary N) is 1. The molecular weight excluding hydrogens is 97.1 g/mol. The predicted molar refractivity (Wildman–Crippen MR) is 28.7 cm³/mol. The minimum Gasteiger partial charge on any atom is -0.675 e. The van der Waals surface area contributed by atoms with E-state index in [0.29, 0.717) is 0 Å². The topological polar surface area (TPSA) is 23.8 Å². The molecule has 7 heavy (non-hydrogen) atoms. The molecule has 0 aromatic carbocycles. The molecule has 0 bridgehead atoms. The summed E-state index contributed by atoms with van der Waals surface area (Å²) in [5, 5.41) is 0. The summed E-state index contributed by atoms with van der Waals surface area (Å²) in [5.41, 5.74) is 6.98. The summed E-state index contributed by atoms with van der Waals surface area (Å²) in [6, 6.07) is 0.148. The first-order chi connectivity index (χ1) is 2.77. The van der Waals surface area contributed by atoms with Gasteiger partial charge in [0.1, 0.15) is 0 Å². The molecule has 0 saturated carbocycles. The van der Waals surface area contributed by atoms with Gasteiger partial charge in [-0.05, 0) is 0 Å². The molecule has 0 heterocycles. The average molecular weight is 109 g/mol. The first-order valence-electron chi connectivity index (χ1n) is 2.48. The van der Waals surface area contributed by atoms with E-state index in [2.05, 4.69) is 6.92 Å². The van der Waals surface area contributed by atoms with Crippen LogP contribution < -0.4 is 29.6 Å². The van der Waals surface area contributed by atoms with Gasteiger partial charge < -0.3 is 5.73 Å². The SMILES string of the molecule is CCCC(C)[NH-].[Na+]. The second-order valence-corrected chi connectivity index (χ2v) is 1.69. The Morgan fingerprint density at radius 1 is 1.57 bits per heavy atom. The molecule has 0 aliphatic rings. The van der Waals surface area contributed by atoms with Crippen LogP contribution in [-0.2, 0) is 0 Å². The molecule has 1 N–H and O–H groups in total. The van der Waals surface area contributed by atoms with Gasteiger partial charge in [0.25, 0.3) is 0 Å². The van der Waals surface area contributed by atoms with Gasteiger partial charge in [-0.15, -0.1) is 6.04 Å². The van der Waals surface area contributed by atoms with Crippen molar-refractivity contribution in [3.05, 3.63) is 5.73 Å². The minimum atomic E-state index is 0. The van der Waals surface area contributed by atoms with Crippen LogP contribution in [0.4, 0.5) is 0 Å². The van der Waals surface area contributed by atoms with E-state index in [1.807, 2.05) is 6.92 Å². The molecule has 0 aliphatic heterocycles. The van der Waals surface area contributed by atoms with Gasteiger partial charge in [0.2, 0.25) is 0 Å². The Morgan fingerprint density at radius 3 is 2.00 bits per heavy atom. The quantitative estimate of drug-likeness (QED) is 0.416. The molecule has 0 aromatic rings. The van der Waals surface area contributed by atoms with E-state index in [4.69, 9.17) is 5.73 Å². The van der Waals surface area contributed by atoms with Crippen LogP contribution in [0.5, 0.6) is 0 Å². The van der Waals surface area contributed by atoms with Crippen molar-refractivity contribution in [1.82, 2.24) is 0 Å². The van der Waals surface area contributed by atoms with Crippen molar-refractivity contribution >= 4 is 0 Å². The van der Waals surface area contributed by atoms with E-state index >= 15 is 0 Å². The third-order valence-corrected chi connectivity index (χ3v) is 0.722. The van der Waals surface area contributed by atoms with Gasteiger partial charge in [-0.2, -0.15) is 0 Å². The average Bonchev–Trinajstić information content (AvgIpc) is 1.35. The van der Waals surface area contributed by atoms with Crippen LogP contribution in [0, 0.1) is 0 Å². The van der Waals surface area contributed by atoms with Crippen LogP contribution in [0.3, 0.4) is 0 Å². The van der Waals surface area contributed by atoms with Gasteiger partial charge in [-0.3, -0.25) is 0 Å². The van der Waals surface area contributed by atoms with Crippen LogP contribution >= 0.6 is 0 Å². The van der Waals surface area contributed by atoms with Crippen LogP contribution in [0.15, 0.2) is 0 Å². The fraction of sp³-hybridized carbons (Fsp3) is 1.00. The zero-order valence-electron chi connectivity index (χ0n) is 5.49. The molecule has 0 radical (unpaired) electrons. The van der Waals surface area contributed by atoms with E-state index in [0.717, 1.165) is 12.8 Å². The van der Waals surface area contributed by atoms with E-state index in [1.165, 1.54) is 0 Å². The molecule has 38 valence electrons. The smallest absolute Gasteiger partial charge is 0.675 e. The maximum absolute atomic E-state index is 6.98. The van der Waals surface area contributed by atoms with Crippen LogP contribution in [0.2, 0.25) is 0 Å². The molecule has 0 fully saturated rings. The summed E-state index contributed by atoms with van der Waals surface area (Å²) in [4.78, 5) is 0. The summed E-state index contributed by atoms with van der Waals surface area (Å²) in [6.45, 7) is 4.02. The molecule has 0 aromatic heterocycles. The molecule has 0 saturated heterocycles. The Kier molecular flexibility index (Phi) is 10.8. The van der Waals surface area contributed by atoms with Crippen molar-refractivity contribution in [2.24, 2.45) is 0 Å². The van der Waals surface area contributed by atoms with Crippen LogP contribution in [0.1, 0.15) is 26.7 Å². The summed E-state index contributed by atoms with van der Waals surface area (Å²) in [6.07, 6.45) is 2.19. The summed E-state index contributed by atoms with van der Waals surface area (Å²) >= 11 is 0. The van der Waals surface area contributed by atoms with Crippen molar-refractivity contribution in [3.8, 4) is 0 Å². The molecule has 0 rings (SSSR count). The summed E-state index contributed by atoms with van der Waals surface area (Å²) < 4.78 is 0. The number of hydrogen-bond acceptors (Lipinski definition) is 0. The Morgan fingerprint density at radius 2 is 2.00 bits per heavy atom. The second kappa shape index (κ2) is 6.96. The van der Waals surface area contributed by atoms with E-state index in [1.54, 1.807) is 0 Å². The first-order valence-corrected chi connectivity index (χ1v) is 2.48. The van der Waals surface area contributed by atoms with Gasteiger partial charge in [0, 0.05) is 0 Å². The molecule has 0 aliphatic carbocycles. The first kappa shape index (κ1) is 10.9. The fourth-order valence-corrected chi connectivity index (χ4v) is 0.433. The molecule has 1 nitrogen and oxygen atoms in total. The third kappa shape index (κ3) is 10.9. The zero-order valence-corrected chi connectivity index (χ0v) is 7.49. The van der Waals surface area contributed by atoms with E-state index in [9.17, 15) is 0 Å². The van der Waals surface area contributed by atoms with Gasteiger partial charge in [-0.1, -0.05) is 26.7 Å². The van der Waals surface area contributed by atoms with Crippen molar-refractivity contribution in [2.75, 3.05) is 0 Å². The Balaban J connectivity index is 0. The van der Waals surface area contributed by atoms with Crippen molar-refractivity contribution in [3.63, 3.8) is 0 Å². The Bertz CT molecular complexity index is 29.3. The summed E-state index contributed by atoms with van der Waals surface area (Å²) in [7, 11) is 0. The van der Waals surface area contributed by atoms with Gasteiger partial charge >= 0.3 is 29.6 Å². The van der Waals surface area contributed by atoms with E-state index < -0.39 is 0 Å². The van der Waals surface area contributed by atoms with Gasteiger partial charge in [0.15, 0.2) is 0 Å².